The van der Waals surface area contributed by atoms with Gasteiger partial charge in [0.2, 0.25) is 5.91 Å². The van der Waals surface area contributed by atoms with E-state index in [-0.39, 0.29) is 23.0 Å². The van der Waals surface area contributed by atoms with Crippen LogP contribution in [-0.2, 0) is 4.79 Å². The molecule has 35 heavy (non-hydrogen) atoms. The molecule has 6 nitrogen and oxygen atoms in total. The zero-order chi connectivity index (χ0) is 25.1. The van der Waals surface area contributed by atoms with Crippen molar-refractivity contribution in [1.82, 2.24) is 10.2 Å². The number of likely N-dealkylation sites (tertiary alicyclic amines) is 1. The zero-order valence-electron chi connectivity index (χ0n) is 19.8. The van der Waals surface area contributed by atoms with Gasteiger partial charge in [0.1, 0.15) is 6.04 Å². The molecule has 0 radical (unpaired) electrons. The van der Waals surface area contributed by atoms with Gasteiger partial charge in [-0.3, -0.25) is 9.59 Å². The topological polar surface area (TPSA) is 86.7 Å². The van der Waals surface area contributed by atoms with E-state index in [1.54, 1.807) is 17.0 Å². The number of benzene rings is 3. The fraction of sp³-hybridized carbons (Fsp3) is 0.321. The van der Waals surface area contributed by atoms with Gasteiger partial charge in [-0.2, -0.15) is 0 Å². The van der Waals surface area contributed by atoms with Crippen molar-refractivity contribution < 1.29 is 19.5 Å². The first-order valence-electron chi connectivity index (χ1n) is 11.9. The van der Waals surface area contributed by atoms with Gasteiger partial charge in [0.05, 0.1) is 11.1 Å². The largest absolute Gasteiger partial charge is 0.478 e. The van der Waals surface area contributed by atoms with Crippen molar-refractivity contribution in [2.45, 2.75) is 38.6 Å². The van der Waals surface area contributed by atoms with Gasteiger partial charge in [-0.25, -0.2) is 4.79 Å². The summed E-state index contributed by atoms with van der Waals surface area (Å²) in [6, 6.07) is 17.4. The number of carbonyl (C=O) groups excluding carboxylic acids is 2. The molecule has 0 bridgehead atoms. The van der Waals surface area contributed by atoms with Crippen LogP contribution in [0.3, 0.4) is 0 Å². The molecule has 0 saturated carbocycles. The molecule has 0 spiro atoms. The summed E-state index contributed by atoms with van der Waals surface area (Å²) in [5.74, 6) is -1.68. The number of fused-ring (bicyclic) bond motifs is 1. The Balaban J connectivity index is 1.49. The maximum Gasteiger partial charge on any atom is 0.336 e. The van der Waals surface area contributed by atoms with E-state index < -0.39 is 17.9 Å². The molecular formula is C28H29ClN2O4. The average molecular weight is 493 g/mol. The first-order valence-corrected chi connectivity index (χ1v) is 12.2. The molecule has 3 aromatic carbocycles. The van der Waals surface area contributed by atoms with Crippen LogP contribution < -0.4 is 5.32 Å². The number of hydrogen-bond donors (Lipinski definition) is 2. The maximum absolute atomic E-state index is 13.4. The van der Waals surface area contributed by atoms with Gasteiger partial charge in [-0.15, -0.1) is 0 Å². The minimum absolute atomic E-state index is 0.0519. The van der Waals surface area contributed by atoms with Crippen molar-refractivity contribution in [2.75, 3.05) is 13.1 Å². The molecule has 4 rings (SSSR count). The summed E-state index contributed by atoms with van der Waals surface area (Å²) < 4.78 is 0. The zero-order valence-corrected chi connectivity index (χ0v) is 20.6. The second-order valence-electron chi connectivity index (χ2n) is 9.40. The van der Waals surface area contributed by atoms with Crippen molar-refractivity contribution in [3.8, 4) is 0 Å². The number of halogens is 1. The molecule has 182 valence electrons. The highest BCUT2D eigenvalue weighted by atomic mass is 35.5. The molecule has 1 aliphatic heterocycles. The van der Waals surface area contributed by atoms with Crippen LogP contribution in [-0.4, -0.2) is 46.9 Å². The van der Waals surface area contributed by atoms with Gasteiger partial charge in [-0.1, -0.05) is 61.8 Å². The Morgan fingerprint density at radius 2 is 1.51 bits per heavy atom. The highest BCUT2D eigenvalue weighted by Gasteiger charge is 2.32. The fourth-order valence-electron chi connectivity index (χ4n) is 4.70. The summed E-state index contributed by atoms with van der Waals surface area (Å²) >= 11 is 6.00. The van der Waals surface area contributed by atoms with E-state index >= 15 is 0 Å². The molecule has 0 aromatic heterocycles. The number of carboxylic acids is 1. The van der Waals surface area contributed by atoms with Gasteiger partial charge in [0.15, 0.2) is 0 Å². The number of hydrogen-bond acceptors (Lipinski definition) is 3. The van der Waals surface area contributed by atoms with Crippen molar-refractivity contribution in [3.63, 3.8) is 0 Å². The van der Waals surface area contributed by atoms with Crippen LogP contribution in [0.4, 0.5) is 0 Å². The highest BCUT2D eigenvalue weighted by molar-refractivity contribution is 6.30. The Labute approximate surface area is 209 Å². The van der Waals surface area contributed by atoms with E-state index in [1.165, 1.54) is 11.6 Å². The predicted octanol–water partition coefficient (Wildman–Crippen LogP) is 5.35. The Hall–Kier alpha value is -3.38. The highest BCUT2D eigenvalue weighted by Crippen LogP contribution is 2.29. The number of nitrogens with one attached hydrogen (secondary N) is 1. The van der Waals surface area contributed by atoms with Gasteiger partial charge >= 0.3 is 5.97 Å². The average Bonchev–Trinajstić information content (AvgIpc) is 2.86. The van der Waals surface area contributed by atoms with E-state index in [0.717, 1.165) is 23.6 Å². The third kappa shape index (κ3) is 5.49. The van der Waals surface area contributed by atoms with Crippen LogP contribution in [0.2, 0.25) is 5.02 Å². The molecule has 1 saturated heterocycles. The molecule has 0 aliphatic carbocycles. The quantitative estimate of drug-likeness (QED) is 0.485. The van der Waals surface area contributed by atoms with Gasteiger partial charge in [-0.05, 0) is 65.3 Å². The van der Waals surface area contributed by atoms with E-state index in [4.69, 9.17) is 11.6 Å². The van der Waals surface area contributed by atoms with E-state index in [9.17, 15) is 19.5 Å². The molecule has 7 heteroatoms. The van der Waals surface area contributed by atoms with Crippen molar-refractivity contribution in [1.29, 1.82) is 0 Å². The molecule has 3 aromatic rings. The first-order chi connectivity index (χ1) is 16.7. The number of aromatic carboxylic acids is 1. The van der Waals surface area contributed by atoms with Crippen LogP contribution >= 0.6 is 11.6 Å². The fourth-order valence-corrected chi connectivity index (χ4v) is 4.83. The normalized spacial score (nSPS) is 15.3. The smallest absolute Gasteiger partial charge is 0.336 e. The van der Waals surface area contributed by atoms with Gasteiger partial charge < -0.3 is 15.3 Å². The van der Waals surface area contributed by atoms with Crippen LogP contribution in [0.1, 0.15) is 58.9 Å². The Kier molecular flexibility index (Phi) is 7.41. The van der Waals surface area contributed by atoms with Gasteiger partial charge in [0.25, 0.3) is 5.91 Å². The molecule has 1 fully saturated rings. The molecule has 1 heterocycles. The van der Waals surface area contributed by atoms with Crippen molar-refractivity contribution in [2.24, 2.45) is 5.92 Å². The number of piperidine rings is 1. The lowest BCUT2D eigenvalue weighted by molar-refractivity contribution is -0.135. The van der Waals surface area contributed by atoms with Crippen molar-refractivity contribution in [3.05, 3.63) is 82.4 Å². The number of nitrogens with zero attached hydrogens (tertiary/aromatic N) is 1. The predicted molar refractivity (Wildman–Crippen MR) is 137 cm³/mol. The lowest BCUT2D eigenvalue weighted by Gasteiger charge is -2.35. The lowest BCUT2D eigenvalue weighted by atomic mass is 9.89. The van der Waals surface area contributed by atoms with Crippen LogP contribution in [0, 0.1) is 5.92 Å². The molecule has 1 atom stereocenters. The summed E-state index contributed by atoms with van der Waals surface area (Å²) in [6.07, 6.45) is 1.67. The number of carbonyl (C=O) groups is 3. The Morgan fingerprint density at radius 1 is 0.943 bits per heavy atom. The summed E-state index contributed by atoms with van der Waals surface area (Å²) in [5, 5.41) is 14.7. The van der Waals surface area contributed by atoms with E-state index in [2.05, 4.69) is 5.32 Å². The molecular weight excluding hydrogens is 464 g/mol. The third-order valence-corrected chi connectivity index (χ3v) is 6.98. The van der Waals surface area contributed by atoms with Crippen molar-refractivity contribution >= 4 is 40.2 Å². The maximum atomic E-state index is 13.4. The standard InChI is InChI=1S/C28H29ClN2O4/c1-17(2)25(27(33)31-13-11-19(12-14-31)18-7-9-22(29)10-8-18)30-26(32)23-15-20-5-3-4-6-21(20)16-24(23)28(34)35/h3-10,15-17,19,25H,11-14H2,1-2H3,(H,30,32)(H,34,35)/t25-/m1/s1. The SMILES string of the molecule is CC(C)[C@@H](NC(=O)c1cc2ccccc2cc1C(=O)O)C(=O)N1CCC(c2ccc(Cl)cc2)CC1. The summed E-state index contributed by atoms with van der Waals surface area (Å²) in [7, 11) is 0. The molecule has 1 aliphatic rings. The van der Waals surface area contributed by atoms with Crippen LogP contribution in [0.15, 0.2) is 60.7 Å². The summed E-state index contributed by atoms with van der Waals surface area (Å²) in [4.78, 5) is 40.3. The van der Waals surface area contributed by atoms with E-state index in [1.807, 2.05) is 56.3 Å². The Morgan fingerprint density at radius 3 is 2.06 bits per heavy atom. The second-order valence-corrected chi connectivity index (χ2v) is 9.83. The number of amides is 2. The minimum Gasteiger partial charge on any atom is -0.478 e. The minimum atomic E-state index is -1.18. The summed E-state index contributed by atoms with van der Waals surface area (Å²) in [6.45, 7) is 4.95. The van der Waals surface area contributed by atoms with Crippen LogP contribution in [0.5, 0.6) is 0 Å². The second kappa shape index (κ2) is 10.5. The third-order valence-electron chi connectivity index (χ3n) is 6.73. The number of rotatable bonds is 6. The van der Waals surface area contributed by atoms with E-state index in [0.29, 0.717) is 24.0 Å². The number of carboxylic acid groups (broad SMARTS) is 1. The molecule has 0 unspecified atom stereocenters. The first kappa shape index (κ1) is 24.7. The monoisotopic (exact) mass is 492 g/mol. The molecule has 2 amide bonds. The lowest BCUT2D eigenvalue weighted by Crippen LogP contribution is -2.53. The summed E-state index contributed by atoms with van der Waals surface area (Å²) in [5.41, 5.74) is 1.18. The Bertz CT molecular complexity index is 1250. The molecule has 2 N–H and O–H groups in total. The van der Waals surface area contributed by atoms with Crippen LogP contribution in [0.25, 0.3) is 10.8 Å². The van der Waals surface area contributed by atoms with Gasteiger partial charge in [0, 0.05) is 18.1 Å².